The van der Waals surface area contributed by atoms with Gasteiger partial charge < -0.3 is 4.74 Å². The first-order valence-corrected chi connectivity index (χ1v) is 8.57. The molecule has 5 nitrogen and oxygen atoms in total. The van der Waals surface area contributed by atoms with Crippen LogP contribution in [0.3, 0.4) is 0 Å². The molecule has 0 aromatic heterocycles. The van der Waals surface area contributed by atoms with Crippen LogP contribution in [-0.4, -0.2) is 17.9 Å². The quantitative estimate of drug-likeness (QED) is 0.788. The van der Waals surface area contributed by atoms with E-state index in [1.54, 1.807) is 12.1 Å². The van der Waals surface area contributed by atoms with E-state index in [1.807, 2.05) is 12.1 Å². The summed E-state index contributed by atoms with van der Waals surface area (Å²) in [5.41, 5.74) is 5.08. The number of nitrogens with one attached hydrogen (secondary N) is 2. The van der Waals surface area contributed by atoms with Crippen LogP contribution in [0.1, 0.15) is 25.3 Å². The molecule has 1 aliphatic carbocycles. The van der Waals surface area contributed by atoms with E-state index in [2.05, 4.69) is 10.9 Å². The summed E-state index contributed by atoms with van der Waals surface area (Å²) in [5.74, 6) is -0.810. The number of amides is 2. The van der Waals surface area contributed by atoms with Gasteiger partial charge in [-0.2, -0.15) is 0 Å². The third-order valence-corrected chi connectivity index (χ3v) is 4.63. The van der Waals surface area contributed by atoms with Gasteiger partial charge in [0.1, 0.15) is 11.6 Å². The van der Waals surface area contributed by atoms with E-state index in [9.17, 15) is 14.0 Å². The smallest absolute Gasteiger partial charge is 0.279 e. The van der Waals surface area contributed by atoms with Gasteiger partial charge in [0.05, 0.1) is 5.41 Å². The SMILES string of the molecule is C[C@H](Oc1ccc(F)cc1)C(=O)NNC(=O)C1(c2ccc(Cl)cc2)CC1. The number of ether oxygens (including phenoxy) is 1. The first-order chi connectivity index (χ1) is 12.4. The summed E-state index contributed by atoms with van der Waals surface area (Å²) in [4.78, 5) is 24.6. The van der Waals surface area contributed by atoms with Crippen molar-refractivity contribution in [2.75, 3.05) is 0 Å². The van der Waals surface area contributed by atoms with Gasteiger partial charge in [-0.25, -0.2) is 4.39 Å². The third kappa shape index (κ3) is 3.96. The first-order valence-electron chi connectivity index (χ1n) is 8.19. The van der Waals surface area contributed by atoms with Gasteiger partial charge in [-0.1, -0.05) is 23.7 Å². The van der Waals surface area contributed by atoms with Crippen molar-refractivity contribution in [1.29, 1.82) is 0 Å². The van der Waals surface area contributed by atoms with E-state index in [0.717, 1.165) is 5.56 Å². The second-order valence-electron chi connectivity index (χ2n) is 6.25. The van der Waals surface area contributed by atoms with Crippen molar-refractivity contribution in [3.63, 3.8) is 0 Å². The minimum atomic E-state index is -0.855. The van der Waals surface area contributed by atoms with Crippen LogP contribution >= 0.6 is 11.6 Å². The highest BCUT2D eigenvalue weighted by atomic mass is 35.5. The molecule has 0 heterocycles. The molecular weight excluding hydrogens is 359 g/mol. The molecule has 7 heteroatoms. The summed E-state index contributed by atoms with van der Waals surface area (Å²) in [6.45, 7) is 1.54. The Morgan fingerprint density at radius 1 is 1.08 bits per heavy atom. The van der Waals surface area contributed by atoms with E-state index in [0.29, 0.717) is 23.6 Å². The molecule has 2 N–H and O–H groups in total. The van der Waals surface area contributed by atoms with Crippen molar-refractivity contribution in [1.82, 2.24) is 10.9 Å². The molecule has 0 unspecified atom stereocenters. The van der Waals surface area contributed by atoms with E-state index in [1.165, 1.54) is 31.2 Å². The third-order valence-electron chi connectivity index (χ3n) is 4.38. The maximum absolute atomic E-state index is 12.9. The topological polar surface area (TPSA) is 67.4 Å². The van der Waals surface area contributed by atoms with E-state index < -0.39 is 23.2 Å². The highest BCUT2D eigenvalue weighted by Gasteiger charge is 2.51. The van der Waals surface area contributed by atoms with Gasteiger partial charge in [0.2, 0.25) is 5.91 Å². The zero-order valence-electron chi connectivity index (χ0n) is 14.1. The monoisotopic (exact) mass is 376 g/mol. The molecule has 1 fully saturated rings. The van der Waals surface area contributed by atoms with Crippen LogP contribution in [-0.2, 0) is 15.0 Å². The Hall–Kier alpha value is -2.60. The molecular formula is C19H18ClFN2O3. The standard InChI is InChI=1S/C19H18ClFN2O3/c1-12(26-16-8-6-15(21)7-9-16)17(24)22-23-18(25)19(10-11-19)13-2-4-14(20)5-3-13/h2-9,12H,10-11H2,1H3,(H,22,24)(H,23,25)/t12-/m0/s1. The number of carbonyl (C=O) groups excluding carboxylic acids is 2. The van der Waals surface area contributed by atoms with Gasteiger partial charge in [-0.3, -0.25) is 20.4 Å². The summed E-state index contributed by atoms with van der Waals surface area (Å²) in [6, 6.07) is 12.4. The molecule has 2 amide bonds. The number of carbonyl (C=O) groups is 2. The molecule has 1 atom stereocenters. The Bertz CT molecular complexity index is 805. The molecule has 3 rings (SSSR count). The fourth-order valence-electron chi connectivity index (χ4n) is 2.65. The van der Waals surface area contributed by atoms with Crippen molar-refractivity contribution in [2.45, 2.75) is 31.3 Å². The van der Waals surface area contributed by atoms with Crippen LogP contribution in [0.4, 0.5) is 4.39 Å². The van der Waals surface area contributed by atoms with Crippen LogP contribution in [0.5, 0.6) is 5.75 Å². The van der Waals surface area contributed by atoms with Gasteiger partial charge in [0, 0.05) is 5.02 Å². The average molecular weight is 377 g/mol. The van der Waals surface area contributed by atoms with Gasteiger partial charge in [-0.05, 0) is 61.7 Å². The van der Waals surface area contributed by atoms with Crippen LogP contribution in [0, 0.1) is 5.82 Å². The fourth-order valence-corrected chi connectivity index (χ4v) is 2.78. The normalized spacial score (nSPS) is 15.7. The summed E-state index contributed by atoms with van der Waals surface area (Å²) in [5, 5.41) is 0.602. The van der Waals surface area contributed by atoms with E-state index >= 15 is 0 Å². The Labute approximate surface area is 155 Å². The van der Waals surface area contributed by atoms with Crippen LogP contribution < -0.4 is 15.6 Å². The van der Waals surface area contributed by atoms with Crippen molar-refractivity contribution >= 4 is 23.4 Å². The fraction of sp³-hybridized carbons (Fsp3) is 0.263. The minimum Gasteiger partial charge on any atom is -0.481 e. The lowest BCUT2D eigenvalue weighted by atomic mass is 9.95. The molecule has 26 heavy (non-hydrogen) atoms. The highest BCUT2D eigenvalue weighted by molar-refractivity contribution is 6.30. The summed E-state index contributed by atoms with van der Waals surface area (Å²) in [7, 11) is 0. The van der Waals surface area contributed by atoms with Crippen LogP contribution in [0.15, 0.2) is 48.5 Å². The zero-order valence-corrected chi connectivity index (χ0v) is 14.8. The highest BCUT2D eigenvalue weighted by Crippen LogP contribution is 2.48. The number of hydrogen-bond donors (Lipinski definition) is 2. The lowest BCUT2D eigenvalue weighted by molar-refractivity contribution is -0.133. The number of hydrazine groups is 1. The molecule has 136 valence electrons. The van der Waals surface area contributed by atoms with Gasteiger partial charge in [0.15, 0.2) is 6.10 Å². The predicted octanol–water partition coefficient (Wildman–Crippen LogP) is 3.13. The molecule has 2 aromatic rings. The predicted molar refractivity (Wildman–Crippen MR) is 95.1 cm³/mol. The van der Waals surface area contributed by atoms with E-state index in [4.69, 9.17) is 16.3 Å². The second kappa shape index (κ2) is 7.33. The zero-order chi connectivity index (χ0) is 18.7. The lowest BCUT2D eigenvalue weighted by Gasteiger charge is -2.18. The molecule has 0 spiro atoms. The molecule has 1 aliphatic rings. The largest absolute Gasteiger partial charge is 0.481 e. The van der Waals surface area contributed by atoms with Gasteiger partial charge in [0.25, 0.3) is 5.91 Å². The number of rotatable bonds is 5. The molecule has 2 aromatic carbocycles. The minimum absolute atomic E-state index is 0.276. The molecule has 0 aliphatic heterocycles. The summed E-state index contributed by atoms with van der Waals surface area (Å²) >= 11 is 5.88. The number of halogens is 2. The van der Waals surface area contributed by atoms with Crippen molar-refractivity contribution < 1.29 is 18.7 Å². The maximum atomic E-state index is 12.9. The van der Waals surface area contributed by atoms with Crippen molar-refractivity contribution in [3.05, 3.63) is 64.9 Å². The Balaban J connectivity index is 1.54. The Kier molecular flexibility index (Phi) is 5.13. The lowest BCUT2D eigenvalue weighted by Crippen LogP contribution is -2.50. The van der Waals surface area contributed by atoms with Gasteiger partial charge >= 0.3 is 0 Å². The Morgan fingerprint density at radius 3 is 2.27 bits per heavy atom. The Morgan fingerprint density at radius 2 is 1.69 bits per heavy atom. The molecule has 1 saturated carbocycles. The number of hydrogen-bond acceptors (Lipinski definition) is 3. The molecule has 0 bridgehead atoms. The van der Waals surface area contributed by atoms with Crippen molar-refractivity contribution in [3.8, 4) is 5.75 Å². The summed E-state index contributed by atoms with van der Waals surface area (Å²) < 4.78 is 18.3. The summed E-state index contributed by atoms with van der Waals surface area (Å²) in [6.07, 6.45) is 0.557. The molecule has 0 radical (unpaired) electrons. The van der Waals surface area contributed by atoms with Crippen LogP contribution in [0.25, 0.3) is 0 Å². The first kappa shape index (κ1) is 18.2. The van der Waals surface area contributed by atoms with E-state index in [-0.39, 0.29) is 5.91 Å². The molecule has 0 saturated heterocycles. The van der Waals surface area contributed by atoms with Crippen LogP contribution in [0.2, 0.25) is 5.02 Å². The number of benzene rings is 2. The van der Waals surface area contributed by atoms with Crippen molar-refractivity contribution in [2.24, 2.45) is 0 Å². The maximum Gasteiger partial charge on any atom is 0.279 e. The van der Waals surface area contributed by atoms with Gasteiger partial charge in [-0.15, -0.1) is 0 Å². The average Bonchev–Trinajstić information content (AvgIpc) is 3.43. The second-order valence-corrected chi connectivity index (χ2v) is 6.68.